The Hall–Kier alpha value is -6.97. The van der Waals surface area contributed by atoms with E-state index in [4.69, 9.17) is 47.1 Å². The number of phenols is 2. The molecule has 2 fully saturated rings. The van der Waals surface area contributed by atoms with Crippen LogP contribution in [0.3, 0.4) is 0 Å². The summed E-state index contributed by atoms with van der Waals surface area (Å²) in [6, 6.07) is 11.6. The van der Waals surface area contributed by atoms with Gasteiger partial charge in [-0.3, -0.25) is 9.59 Å². The molecule has 404 valence electrons. The van der Waals surface area contributed by atoms with Crippen LogP contribution in [0.25, 0.3) is 0 Å². The number of nitrogens with zero attached hydrogens (tertiary/aromatic N) is 13. The van der Waals surface area contributed by atoms with E-state index in [1.165, 1.54) is 0 Å². The average molecular weight is 1040 g/mol. The van der Waals surface area contributed by atoms with Crippen molar-refractivity contribution in [2.75, 3.05) is 114 Å². The summed E-state index contributed by atoms with van der Waals surface area (Å²) in [5.74, 6) is 4.06. The van der Waals surface area contributed by atoms with Gasteiger partial charge in [-0.1, -0.05) is 81.1 Å². The first-order valence-electron chi connectivity index (χ1n) is 26.0. The number of nitrogens with two attached hydrogens (primary N) is 2. The molecular weight excluding hydrogens is 961 g/mol. The van der Waals surface area contributed by atoms with Crippen LogP contribution in [0.1, 0.15) is 87.2 Å². The predicted octanol–water partition coefficient (Wildman–Crippen LogP) is 2.92. The summed E-state index contributed by atoms with van der Waals surface area (Å²) in [6.07, 6.45) is 11.2. The second-order valence-corrected chi connectivity index (χ2v) is 19.1. The van der Waals surface area contributed by atoms with Gasteiger partial charge in [0.25, 0.3) is 0 Å². The van der Waals surface area contributed by atoms with Crippen LogP contribution in [-0.4, -0.2) is 175 Å². The van der Waals surface area contributed by atoms with Crippen molar-refractivity contribution in [3.8, 4) is 23.8 Å². The summed E-state index contributed by atoms with van der Waals surface area (Å²) in [7, 11) is 0. The summed E-state index contributed by atoms with van der Waals surface area (Å²) in [5.41, 5.74) is 16.0. The number of hydrogen-bond acceptors (Lipinski definition) is 19. The lowest BCUT2D eigenvalue weighted by Crippen LogP contribution is -2.52. The lowest BCUT2D eigenvalue weighted by Gasteiger charge is -2.38. The number of rotatable bonds is 27. The van der Waals surface area contributed by atoms with Crippen LogP contribution in [0.15, 0.2) is 60.9 Å². The lowest BCUT2D eigenvalue weighted by molar-refractivity contribution is -0.136. The second-order valence-electron chi connectivity index (χ2n) is 19.1. The van der Waals surface area contributed by atoms with Gasteiger partial charge in [0.1, 0.15) is 30.2 Å². The first-order valence-corrected chi connectivity index (χ1v) is 26.0. The van der Waals surface area contributed by atoms with E-state index >= 15 is 0 Å². The molecule has 23 nitrogen and oxygen atoms in total. The Morgan fingerprint density at radius 3 is 1.47 bits per heavy atom. The van der Waals surface area contributed by atoms with Crippen molar-refractivity contribution in [3.05, 3.63) is 83.4 Å². The quantitative estimate of drug-likeness (QED) is 0.0373. The predicted molar refractivity (Wildman–Crippen MR) is 282 cm³/mol. The molecule has 5 heterocycles. The number of piperazine rings is 2. The molecule has 7 N–H and O–H groups in total. The standard InChI is InChI=1S/C52H74N16O7/c1-6-26-73-28-30-75-31-29-74-27-17-55-50-56-51(65-22-18-63(19-23-65)48(71)44(32-38-9-13-40(69)14-10-38)67-34-42(59-61-67)46(53)36(4)7-2)58-52(57-50)66-24-20-64(21-25-66)49(72)45(33-39-11-15-41(70)16-12-39)68-35-43(60-62-68)47(54)37(5)8-3/h1,9-16,34-37,44-47,69-70H,7-8,17-33,53-54H2,2-5H3,(H,55,56,57,58)/t36-,37-,44-,45-,46-,47-/m0/s1. The third-order valence-corrected chi connectivity index (χ3v) is 14.0. The van der Waals surface area contributed by atoms with Gasteiger partial charge in [-0.25, -0.2) is 9.36 Å². The van der Waals surface area contributed by atoms with E-state index in [0.717, 1.165) is 24.0 Å². The van der Waals surface area contributed by atoms with Gasteiger partial charge in [0, 0.05) is 71.7 Å². The Bertz CT molecular complexity index is 2440. The number of carbonyl (C=O) groups excluding carboxylic acids is 2. The maximum Gasteiger partial charge on any atom is 0.247 e. The monoisotopic (exact) mass is 1030 g/mol. The highest BCUT2D eigenvalue weighted by molar-refractivity contribution is 5.81. The number of aromatic nitrogens is 9. The Kier molecular flexibility index (Phi) is 20.5. The third-order valence-electron chi connectivity index (χ3n) is 14.0. The molecule has 0 aliphatic carbocycles. The molecule has 0 spiro atoms. The van der Waals surface area contributed by atoms with Crippen LogP contribution in [0.4, 0.5) is 17.8 Å². The highest BCUT2D eigenvalue weighted by atomic mass is 16.5. The fourth-order valence-corrected chi connectivity index (χ4v) is 8.78. The van der Waals surface area contributed by atoms with Gasteiger partial charge in [0.05, 0.1) is 68.9 Å². The molecule has 0 radical (unpaired) electrons. The second kappa shape index (κ2) is 27.5. The van der Waals surface area contributed by atoms with Crippen LogP contribution in [0, 0.1) is 24.2 Å². The van der Waals surface area contributed by atoms with Crippen LogP contribution in [0.2, 0.25) is 0 Å². The maximum absolute atomic E-state index is 14.5. The fraction of sp³-hybridized carbons (Fsp3) is 0.558. The van der Waals surface area contributed by atoms with Crippen LogP contribution >= 0.6 is 0 Å². The molecule has 0 saturated carbocycles. The molecule has 2 aliphatic rings. The van der Waals surface area contributed by atoms with E-state index in [9.17, 15) is 19.8 Å². The number of nitrogens with one attached hydrogen (secondary N) is 1. The summed E-state index contributed by atoms with van der Waals surface area (Å²) in [4.78, 5) is 51.6. The molecular formula is C52H74N16O7. The zero-order valence-corrected chi connectivity index (χ0v) is 43.7. The minimum absolute atomic E-state index is 0.116. The molecule has 3 aromatic heterocycles. The van der Waals surface area contributed by atoms with Crippen molar-refractivity contribution in [1.29, 1.82) is 0 Å². The van der Waals surface area contributed by atoms with Crippen molar-refractivity contribution in [2.45, 2.75) is 77.5 Å². The zero-order valence-electron chi connectivity index (χ0n) is 43.7. The van der Waals surface area contributed by atoms with E-state index in [1.807, 2.05) is 19.6 Å². The maximum atomic E-state index is 14.5. The van der Waals surface area contributed by atoms with Gasteiger partial charge in [0.15, 0.2) is 0 Å². The number of ether oxygens (including phenoxy) is 3. The third kappa shape index (κ3) is 15.3. The molecule has 23 heteroatoms. The summed E-state index contributed by atoms with van der Waals surface area (Å²) in [5, 5.41) is 40.9. The normalized spacial score (nSPS) is 16.5. The molecule has 2 aromatic carbocycles. The minimum atomic E-state index is -0.706. The molecule has 0 unspecified atom stereocenters. The molecule has 2 saturated heterocycles. The molecule has 0 bridgehead atoms. The molecule has 7 rings (SSSR count). The number of benzene rings is 2. The van der Waals surface area contributed by atoms with Crippen molar-refractivity contribution in [2.24, 2.45) is 23.3 Å². The Balaban J connectivity index is 1.05. The Labute approximate surface area is 438 Å². The van der Waals surface area contributed by atoms with E-state index in [1.54, 1.807) is 70.3 Å². The summed E-state index contributed by atoms with van der Waals surface area (Å²) < 4.78 is 19.8. The first-order chi connectivity index (χ1) is 36.3. The van der Waals surface area contributed by atoms with Gasteiger partial charge < -0.3 is 60.8 Å². The van der Waals surface area contributed by atoms with Gasteiger partial charge in [-0.2, -0.15) is 15.0 Å². The zero-order chi connectivity index (χ0) is 53.3. The van der Waals surface area contributed by atoms with Crippen LogP contribution < -0.4 is 26.6 Å². The van der Waals surface area contributed by atoms with Crippen LogP contribution in [-0.2, 0) is 36.6 Å². The van der Waals surface area contributed by atoms with Gasteiger partial charge in [0.2, 0.25) is 29.7 Å². The summed E-state index contributed by atoms with van der Waals surface area (Å²) in [6.45, 7) is 14.2. The van der Waals surface area contributed by atoms with Gasteiger partial charge >= 0.3 is 0 Å². The van der Waals surface area contributed by atoms with Crippen molar-refractivity contribution < 1.29 is 34.0 Å². The molecule has 2 amide bonds. The number of amides is 2. The molecule has 75 heavy (non-hydrogen) atoms. The van der Waals surface area contributed by atoms with Crippen molar-refractivity contribution in [1.82, 2.24) is 54.7 Å². The largest absolute Gasteiger partial charge is 0.508 e. The Morgan fingerprint density at radius 1 is 0.640 bits per heavy atom. The van der Waals surface area contributed by atoms with E-state index in [2.05, 4.69) is 59.6 Å². The topological polar surface area (TPSA) is 279 Å². The number of terminal acetylenes is 1. The lowest BCUT2D eigenvalue weighted by atomic mass is 9.98. The highest BCUT2D eigenvalue weighted by Gasteiger charge is 2.34. The number of anilines is 3. The fourth-order valence-electron chi connectivity index (χ4n) is 8.78. The van der Waals surface area contributed by atoms with E-state index < -0.39 is 12.1 Å². The Morgan fingerprint density at radius 2 is 1.05 bits per heavy atom. The first kappa shape index (κ1) is 55.8. The minimum Gasteiger partial charge on any atom is -0.508 e. The molecule has 6 atom stereocenters. The van der Waals surface area contributed by atoms with Gasteiger partial charge in [-0.15, -0.1) is 16.6 Å². The van der Waals surface area contributed by atoms with Crippen molar-refractivity contribution in [3.63, 3.8) is 0 Å². The molecule has 2 aliphatic heterocycles. The van der Waals surface area contributed by atoms with E-state index in [0.29, 0.717) is 134 Å². The SMILES string of the molecule is C#CCOCCOCCOCCNc1nc(N2CCN(C(=O)[C@H](Cc3ccc(O)cc3)n3cc([C@@H](N)[C@@H](C)CC)nn3)CC2)nc(N2CCN(C(=O)[C@H](Cc3ccc(O)cc3)n3cc([C@@H](N)[C@@H](C)CC)nn3)CC2)n1. The smallest absolute Gasteiger partial charge is 0.247 e. The van der Waals surface area contributed by atoms with Crippen LogP contribution in [0.5, 0.6) is 11.5 Å². The number of hydrogen-bond donors (Lipinski definition) is 5. The average Bonchev–Trinajstić information content (AvgIpc) is 4.15. The molecule has 5 aromatic rings. The van der Waals surface area contributed by atoms with Gasteiger partial charge in [-0.05, 0) is 47.2 Å². The number of carbonyl (C=O) groups is 2. The number of phenolic OH excluding ortho intramolecular Hbond substituents is 2. The van der Waals surface area contributed by atoms with E-state index in [-0.39, 0.29) is 53.8 Å². The number of aromatic hydroxyl groups is 2. The highest BCUT2D eigenvalue weighted by Crippen LogP contribution is 2.28. The van der Waals surface area contributed by atoms with Crippen molar-refractivity contribution >= 4 is 29.7 Å². The summed E-state index contributed by atoms with van der Waals surface area (Å²) >= 11 is 0.